The molecule has 3 atom stereocenters. The van der Waals surface area contributed by atoms with Crippen molar-refractivity contribution >= 4 is 17.4 Å². The summed E-state index contributed by atoms with van der Waals surface area (Å²) >= 11 is -0.0544. The SMILES string of the molecule is CC1CN(C)C(C)CC1Nc1ccccc1SC(F)(F)F. The minimum absolute atomic E-state index is 0.0544. The van der Waals surface area contributed by atoms with E-state index in [1.54, 1.807) is 18.2 Å². The fourth-order valence-electron chi connectivity index (χ4n) is 2.74. The van der Waals surface area contributed by atoms with Crippen molar-refractivity contribution in [3.05, 3.63) is 24.3 Å². The lowest BCUT2D eigenvalue weighted by Crippen LogP contribution is -2.48. The number of thioether (sulfide) groups is 1. The molecule has 1 N–H and O–H groups in total. The Morgan fingerprint density at radius 1 is 1.24 bits per heavy atom. The fraction of sp³-hybridized carbons (Fsp3) is 0.600. The summed E-state index contributed by atoms with van der Waals surface area (Å²) < 4.78 is 37.9. The molecule has 0 amide bonds. The van der Waals surface area contributed by atoms with Crippen LogP contribution >= 0.6 is 11.8 Å². The molecule has 2 rings (SSSR count). The van der Waals surface area contributed by atoms with Crippen molar-refractivity contribution in [1.29, 1.82) is 0 Å². The van der Waals surface area contributed by atoms with Gasteiger partial charge < -0.3 is 10.2 Å². The molecule has 0 aromatic heterocycles. The highest BCUT2D eigenvalue weighted by molar-refractivity contribution is 8.00. The van der Waals surface area contributed by atoms with E-state index in [9.17, 15) is 13.2 Å². The zero-order valence-electron chi connectivity index (χ0n) is 12.4. The third kappa shape index (κ3) is 4.54. The molecule has 2 nitrogen and oxygen atoms in total. The van der Waals surface area contributed by atoms with Crippen LogP contribution < -0.4 is 5.32 Å². The largest absolute Gasteiger partial charge is 0.446 e. The van der Waals surface area contributed by atoms with Crippen LogP contribution in [0.25, 0.3) is 0 Å². The molecule has 1 aliphatic rings. The predicted molar refractivity (Wildman–Crippen MR) is 81.6 cm³/mol. The van der Waals surface area contributed by atoms with Gasteiger partial charge in [-0.15, -0.1) is 0 Å². The Morgan fingerprint density at radius 2 is 1.90 bits per heavy atom. The second-order valence-corrected chi connectivity index (χ2v) is 6.90. The van der Waals surface area contributed by atoms with Gasteiger partial charge in [-0.25, -0.2) is 0 Å². The van der Waals surface area contributed by atoms with Gasteiger partial charge in [0, 0.05) is 29.2 Å². The maximum absolute atomic E-state index is 12.6. The molecule has 1 aromatic rings. The van der Waals surface area contributed by atoms with Crippen LogP contribution in [0.5, 0.6) is 0 Å². The highest BCUT2D eigenvalue weighted by atomic mass is 32.2. The monoisotopic (exact) mass is 318 g/mol. The number of alkyl halides is 3. The molecule has 0 aliphatic carbocycles. The van der Waals surface area contributed by atoms with Crippen molar-refractivity contribution in [2.24, 2.45) is 5.92 Å². The summed E-state index contributed by atoms with van der Waals surface area (Å²) in [5.74, 6) is 0.398. The maximum atomic E-state index is 12.6. The lowest BCUT2D eigenvalue weighted by molar-refractivity contribution is -0.0328. The van der Waals surface area contributed by atoms with Gasteiger partial charge in [0.25, 0.3) is 0 Å². The van der Waals surface area contributed by atoms with Crippen molar-refractivity contribution in [3.63, 3.8) is 0 Å². The molecular weight excluding hydrogens is 297 g/mol. The van der Waals surface area contributed by atoms with Crippen LogP contribution in [-0.4, -0.2) is 36.1 Å². The van der Waals surface area contributed by atoms with Gasteiger partial charge >= 0.3 is 5.51 Å². The molecule has 1 aliphatic heterocycles. The number of hydrogen-bond donors (Lipinski definition) is 1. The maximum Gasteiger partial charge on any atom is 0.446 e. The summed E-state index contributed by atoms with van der Waals surface area (Å²) in [7, 11) is 2.09. The van der Waals surface area contributed by atoms with Gasteiger partial charge in [-0.2, -0.15) is 13.2 Å². The topological polar surface area (TPSA) is 15.3 Å². The average Bonchev–Trinajstić information content (AvgIpc) is 2.36. The van der Waals surface area contributed by atoms with Crippen LogP contribution in [0.3, 0.4) is 0 Å². The average molecular weight is 318 g/mol. The van der Waals surface area contributed by atoms with E-state index < -0.39 is 5.51 Å². The molecule has 0 radical (unpaired) electrons. The first kappa shape index (κ1) is 16.5. The molecule has 1 aromatic carbocycles. The van der Waals surface area contributed by atoms with E-state index in [2.05, 4.69) is 31.1 Å². The Morgan fingerprint density at radius 3 is 2.57 bits per heavy atom. The number of para-hydroxylation sites is 1. The van der Waals surface area contributed by atoms with Crippen molar-refractivity contribution in [2.45, 2.75) is 42.8 Å². The van der Waals surface area contributed by atoms with Gasteiger partial charge in [-0.05, 0) is 50.2 Å². The van der Waals surface area contributed by atoms with E-state index in [0.717, 1.165) is 13.0 Å². The number of halogens is 3. The summed E-state index contributed by atoms with van der Waals surface area (Å²) in [4.78, 5) is 2.53. The molecule has 0 spiro atoms. The van der Waals surface area contributed by atoms with Gasteiger partial charge in [0.15, 0.2) is 0 Å². The Bertz CT molecular complexity index is 478. The van der Waals surface area contributed by atoms with Crippen molar-refractivity contribution in [1.82, 2.24) is 4.90 Å². The Labute approximate surface area is 128 Å². The second-order valence-electron chi connectivity index (χ2n) is 5.80. The van der Waals surface area contributed by atoms with Gasteiger partial charge in [0.1, 0.15) is 0 Å². The molecule has 0 bridgehead atoms. The normalized spacial score (nSPS) is 27.6. The van der Waals surface area contributed by atoms with Crippen LogP contribution in [0.15, 0.2) is 29.2 Å². The highest BCUT2D eigenvalue weighted by Gasteiger charge is 2.32. The Kier molecular flexibility index (Phi) is 5.09. The fourth-order valence-corrected chi connectivity index (χ4v) is 3.37. The van der Waals surface area contributed by atoms with Crippen molar-refractivity contribution < 1.29 is 13.2 Å². The first-order valence-electron chi connectivity index (χ1n) is 7.08. The Hall–Kier alpha value is -0.880. The van der Waals surface area contributed by atoms with Gasteiger partial charge in [-0.3, -0.25) is 0 Å². The zero-order chi connectivity index (χ0) is 15.6. The number of benzene rings is 1. The van der Waals surface area contributed by atoms with Crippen LogP contribution in [0.1, 0.15) is 20.3 Å². The zero-order valence-corrected chi connectivity index (χ0v) is 13.3. The third-order valence-electron chi connectivity index (χ3n) is 4.06. The quantitative estimate of drug-likeness (QED) is 0.830. The van der Waals surface area contributed by atoms with Gasteiger partial charge in [0.2, 0.25) is 0 Å². The number of nitrogens with zero attached hydrogens (tertiary/aromatic N) is 1. The minimum Gasteiger partial charge on any atom is -0.381 e. The van der Waals surface area contributed by atoms with E-state index in [-0.39, 0.29) is 22.7 Å². The second kappa shape index (κ2) is 6.48. The molecule has 3 unspecified atom stereocenters. The van der Waals surface area contributed by atoms with E-state index >= 15 is 0 Å². The first-order valence-corrected chi connectivity index (χ1v) is 7.89. The number of anilines is 1. The number of hydrogen-bond acceptors (Lipinski definition) is 3. The number of piperidine rings is 1. The number of likely N-dealkylation sites (tertiary alicyclic amines) is 1. The van der Waals surface area contributed by atoms with E-state index in [4.69, 9.17) is 0 Å². The summed E-state index contributed by atoms with van der Waals surface area (Å²) in [6, 6.07) is 7.28. The van der Waals surface area contributed by atoms with Crippen LogP contribution in [0.2, 0.25) is 0 Å². The molecule has 1 heterocycles. The minimum atomic E-state index is -4.26. The van der Waals surface area contributed by atoms with Crippen molar-refractivity contribution in [3.8, 4) is 0 Å². The molecular formula is C15H21F3N2S. The smallest absolute Gasteiger partial charge is 0.381 e. The summed E-state index contributed by atoms with van der Waals surface area (Å²) in [5, 5.41) is 3.33. The number of rotatable bonds is 3. The lowest BCUT2D eigenvalue weighted by Gasteiger charge is -2.40. The molecule has 118 valence electrons. The van der Waals surface area contributed by atoms with E-state index in [1.807, 2.05) is 0 Å². The lowest BCUT2D eigenvalue weighted by atomic mass is 9.89. The molecule has 21 heavy (non-hydrogen) atoms. The third-order valence-corrected chi connectivity index (χ3v) is 4.87. The molecule has 1 saturated heterocycles. The van der Waals surface area contributed by atoms with Gasteiger partial charge in [-0.1, -0.05) is 19.1 Å². The van der Waals surface area contributed by atoms with E-state index in [0.29, 0.717) is 17.6 Å². The Balaban J connectivity index is 2.12. The summed E-state index contributed by atoms with van der Waals surface area (Å²) in [6.07, 6.45) is 0.933. The van der Waals surface area contributed by atoms with Crippen LogP contribution in [0, 0.1) is 5.92 Å². The van der Waals surface area contributed by atoms with Crippen molar-refractivity contribution in [2.75, 3.05) is 18.9 Å². The van der Waals surface area contributed by atoms with Crippen LogP contribution in [0.4, 0.5) is 18.9 Å². The molecule has 1 fully saturated rings. The molecule has 0 saturated carbocycles. The predicted octanol–water partition coefficient (Wildman–Crippen LogP) is 4.44. The standard InChI is InChI=1S/C15H21F3N2S/c1-10-9-20(3)11(2)8-13(10)19-12-6-4-5-7-14(12)21-15(16,17)18/h4-7,10-11,13,19H,8-9H2,1-3H3. The van der Waals surface area contributed by atoms with Crippen LogP contribution in [-0.2, 0) is 0 Å². The first-order chi connectivity index (χ1) is 9.76. The molecule has 6 heteroatoms. The highest BCUT2D eigenvalue weighted by Crippen LogP contribution is 2.41. The van der Waals surface area contributed by atoms with E-state index in [1.165, 1.54) is 6.07 Å². The summed E-state index contributed by atoms with van der Waals surface area (Å²) in [6.45, 7) is 5.24. The number of nitrogens with one attached hydrogen (secondary N) is 1. The summed E-state index contributed by atoms with van der Waals surface area (Å²) in [5.41, 5.74) is -3.68. The van der Waals surface area contributed by atoms with Gasteiger partial charge in [0.05, 0.1) is 0 Å².